The Hall–Kier alpha value is -2.14. The minimum Gasteiger partial charge on any atom is -0.486 e. The topological polar surface area (TPSA) is 69.4 Å². The number of rotatable bonds is 4. The van der Waals surface area contributed by atoms with E-state index >= 15 is 0 Å². The van der Waals surface area contributed by atoms with Crippen molar-refractivity contribution in [2.45, 2.75) is 6.42 Å². The van der Waals surface area contributed by atoms with Crippen LogP contribution in [-0.2, 0) is 6.42 Å². The molecule has 0 radical (unpaired) electrons. The fourth-order valence-corrected chi connectivity index (χ4v) is 2.30. The lowest BCUT2D eigenvalue weighted by Gasteiger charge is -2.19. The molecule has 1 aliphatic heterocycles. The van der Waals surface area contributed by atoms with Crippen molar-refractivity contribution in [2.75, 3.05) is 30.8 Å². The van der Waals surface area contributed by atoms with Crippen LogP contribution >= 0.6 is 11.6 Å². The van der Waals surface area contributed by atoms with Crippen molar-refractivity contribution in [3.63, 3.8) is 0 Å². The number of fused-ring (bicyclic) bond motifs is 1. The van der Waals surface area contributed by atoms with Gasteiger partial charge in [-0.25, -0.2) is 4.98 Å². The lowest BCUT2D eigenvalue weighted by molar-refractivity contribution is 0.171. The number of nitrogens with zero attached hydrogens (tertiary/aromatic N) is 1. The van der Waals surface area contributed by atoms with E-state index in [4.69, 9.17) is 26.8 Å². The van der Waals surface area contributed by atoms with Crippen LogP contribution in [-0.4, -0.2) is 24.7 Å². The highest BCUT2D eigenvalue weighted by Gasteiger charge is 2.11. The van der Waals surface area contributed by atoms with Crippen LogP contribution in [0.5, 0.6) is 11.5 Å². The van der Waals surface area contributed by atoms with Gasteiger partial charge in [0.1, 0.15) is 18.4 Å². The van der Waals surface area contributed by atoms with Crippen LogP contribution in [0.2, 0.25) is 5.15 Å². The number of anilines is 2. The van der Waals surface area contributed by atoms with Gasteiger partial charge in [-0.3, -0.25) is 0 Å². The molecule has 1 aromatic heterocycles. The van der Waals surface area contributed by atoms with Gasteiger partial charge in [0.25, 0.3) is 0 Å². The molecular weight excluding hydrogens is 290 g/mol. The van der Waals surface area contributed by atoms with E-state index in [2.05, 4.69) is 10.3 Å². The first-order valence-electron chi connectivity index (χ1n) is 6.77. The number of hydrogen-bond acceptors (Lipinski definition) is 5. The maximum absolute atomic E-state index is 5.86. The molecule has 1 aromatic carbocycles. The van der Waals surface area contributed by atoms with E-state index in [1.54, 1.807) is 12.1 Å². The van der Waals surface area contributed by atoms with Crippen LogP contribution in [0, 0.1) is 0 Å². The summed E-state index contributed by atoms with van der Waals surface area (Å²) in [5, 5.41) is 3.61. The van der Waals surface area contributed by atoms with Crippen molar-refractivity contribution in [2.24, 2.45) is 0 Å². The molecular formula is C15H16ClN3O2. The van der Waals surface area contributed by atoms with Crippen molar-refractivity contribution in [1.82, 2.24) is 4.98 Å². The van der Waals surface area contributed by atoms with Gasteiger partial charge in [0, 0.05) is 6.54 Å². The van der Waals surface area contributed by atoms with Gasteiger partial charge in [0.15, 0.2) is 17.3 Å². The third kappa shape index (κ3) is 3.31. The summed E-state index contributed by atoms with van der Waals surface area (Å²) in [7, 11) is 0. The predicted molar refractivity (Wildman–Crippen MR) is 83.3 cm³/mol. The van der Waals surface area contributed by atoms with E-state index in [-0.39, 0.29) is 0 Å². The number of nitrogen functional groups attached to an aromatic ring is 1. The number of aromatic nitrogens is 1. The van der Waals surface area contributed by atoms with Crippen LogP contribution in [0.1, 0.15) is 5.56 Å². The Kier molecular flexibility index (Phi) is 4.01. The smallest absolute Gasteiger partial charge is 0.161 e. The zero-order valence-electron chi connectivity index (χ0n) is 11.4. The standard InChI is InChI=1S/C15H16ClN3O2/c16-14-4-2-11(17)15(19-14)18-6-5-10-1-3-12-13(9-10)21-8-7-20-12/h1-4,9H,5-8,17H2,(H,18,19). The molecule has 5 nitrogen and oxygen atoms in total. The first-order chi connectivity index (χ1) is 10.2. The summed E-state index contributed by atoms with van der Waals surface area (Å²) in [5.41, 5.74) is 7.58. The predicted octanol–water partition coefficient (Wildman–Crippen LogP) is 2.74. The molecule has 0 spiro atoms. The SMILES string of the molecule is Nc1ccc(Cl)nc1NCCc1ccc2c(c1)OCCO2. The zero-order valence-corrected chi connectivity index (χ0v) is 12.2. The van der Waals surface area contributed by atoms with E-state index in [0.29, 0.717) is 36.4 Å². The maximum atomic E-state index is 5.86. The van der Waals surface area contributed by atoms with Crippen LogP contribution < -0.4 is 20.5 Å². The minimum atomic E-state index is 0.422. The molecule has 2 aromatic rings. The average Bonchev–Trinajstić information content (AvgIpc) is 2.50. The number of pyridine rings is 1. The number of nitrogens with two attached hydrogens (primary N) is 1. The Morgan fingerprint density at radius 1 is 1.14 bits per heavy atom. The van der Waals surface area contributed by atoms with Gasteiger partial charge in [-0.1, -0.05) is 17.7 Å². The van der Waals surface area contributed by atoms with Gasteiger partial charge in [0.2, 0.25) is 0 Å². The number of hydrogen-bond donors (Lipinski definition) is 2. The quantitative estimate of drug-likeness (QED) is 0.850. The fraction of sp³-hybridized carbons (Fsp3) is 0.267. The highest BCUT2D eigenvalue weighted by Crippen LogP contribution is 2.30. The normalized spacial score (nSPS) is 13.0. The van der Waals surface area contributed by atoms with Crippen molar-refractivity contribution >= 4 is 23.1 Å². The van der Waals surface area contributed by atoms with Crippen LogP contribution in [0.25, 0.3) is 0 Å². The molecule has 0 unspecified atom stereocenters. The van der Waals surface area contributed by atoms with Crippen molar-refractivity contribution in [1.29, 1.82) is 0 Å². The fourth-order valence-electron chi connectivity index (χ4n) is 2.16. The number of ether oxygens (including phenoxy) is 2. The Balaban J connectivity index is 1.61. The van der Waals surface area contributed by atoms with E-state index in [9.17, 15) is 0 Å². The summed E-state index contributed by atoms with van der Waals surface area (Å²) in [5.74, 6) is 2.22. The molecule has 0 amide bonds. The lowest BCUT2D eigenvalue weighted by Crippen LogP contribution is -2.15. The molecule has 0 aliphatic carbocycles. The number of nitrogens with one attached hydrogen (secondary N) is 1. The summed E-state index contributed by atoms with van der Waals surface area (Å²) in [6.07, 6.45) is 0.824. The lowest BCUT2D eigenvalue weighted by atomic mass is 10.1. The Morgan fingerprint density at radius 2 is 1.95 bits per heavy atom. The third-order valence-corrected chi connectivity index (χ3v) is 3.42. The summed E-state index contributed by atoms with van der Waals surface area (Å²) in [6, 6.07) is 9.38. The van der Waals surface area contributed by atoms with E-state index in [0.717, 1.165) is 23.5 Å². The molecule has 0 fully saturated rings. The summed E-state index contributed by atoms with van der Waals surface area (Å²) >= 11 is 5.86. The average molecular weight is 306 g/mol. The van der Waals surface area contributed by atoms with Gasteiger partial charge in [-0.2, -0.15) is 0 Å². The second-order valence-corrected chi connectivity index (χ2v) is 5.11. The van der Waals surface area contributed by atoms with Gasteiger partial charge in [0.05, 0.1) is 5.69 Å². The molecule has 3 rings (SSSR count). The maximum Gasteiger partial charge on any atom is 0.161 e. The monoisotopic (exact) mass is 305 g/mol. The molecule has 1 aliphatic rings. The molecule has 110 valence electrons. The highest BCUT2D eigenvalue weighted by atomic mass is 35.5. The summed E-state index contributed by atoms with van der Waals surface area (Å²) in [6.45, 7) is 1.91. The summed E-state index contributed by atoms with van der Waals surface area (Å²) in [4.78, 5) is 4.16. The Labute approximate surface area is 128 Å². The molecule has 0 atom stereocenters. The first-order valence-corrected chi connectivity index (χ1v) is 7.14. The molecule has 6 heteroatoms. The second-order valence-electron chi connectivity index (χ2n) is 4.73. The van der Waals surface area contributed by atoms with Gasteiger partial charge >= 0.3 is 0 Å². The van der Waals surface area contributed by atoms with Crippen molar-refractivity contribution in [3.8, 4) is 11.5 Å². The van der Waals surface area contributed by atoms with Gasteiger partial charge in [-0.15, -0.1) is 0 Å². The van der Waals surface area contributed by atoms with E-state index in [1.165, 1.54) is 0 Å². The van der Waals surface area contributed by atoms with Crippen LogP contribution in [0.3, 0.4) is 0 Å². The largest absolute Gasteiger partial charge is 0.486 e. The summed E-state index contributed by atoms with van der Waals surface area (Å²) < 4.78 is 11.1. The van der Waals surface area contributed by atoms with Crippen molar-refractivity contribution < 1.29 is 9.47 Å². The van der Waals surface area contributed by atoms with Crippen LogP contribution in [0.15, 0.2) is 30.3 Å². The zero-order chi connectivity index (χ0) is 14.7. The van der Waals surface area contributed by atoms with E-state index < -0.39 is 0 Å². The molecule has 2 heterocycles. The van der Waals surface area contributed by atoms with Crippen molar-refractivity contribution in [3.05, 3.63) is 41.0 Å². The van der Waals surface area contributed by atoms with Gasteiger partial charge < -0.3 is 20.5 Å². The molecule has 0 bridgehead atoms. The molecule has 3 N–H and O–H groups in total. The van der Waals surface area contributed by atoms with Gasteiger partial charge in [-0.05, 0) is 36.2 Å². The minimum absolute atomic E-state index is 0.422. The number of benzene rings is 1. The van der Waals surface area contributed by atoms with Crippen LogP contribution in [0.4, 0.5) is 11.5 Å². The highest BCUT2D eigenvalue weighted by molar-refractivity contribution is 6.29. The molecule has 0 saturated carbocycles. The molecule has 21 heavy (non-hydrogen) atoms. The third-order valence-electron chi connectivity index (χ3n) is 3.21. The molecule has 0 saturated heterocycles. The Morgan fingerprint density at radius 3 is 2.81 bits per heavy atom. The van der Waals surface area contributed by atoms with E-state index in [1.807, 2.05) is 18.2 Å². The second kappa shape index (κ2) is 6.10. The number of halogens is 1. The first kappa shape index (κ1) is 13.8. The Bertz CT molecular complexity index is 649.